The number of amides is 1. The number of carbonyl (C=O) groups excluding carboxylic acids is 2. The SMILES string of the molecule is CCCCCCCCCCCC(=O)N(CC(=O)[O-])C(C)C.[K+]. The maximum Gasteiger partial charge on any atom is 1.00 e. The van der Waals surface area contributed by atoms with E-state index in [1.807, 2.05) is 13.8 Å². The Kier molecular flexibility index (Phi) is 18.5. The monoisotopic (exact) mass is 337 g/mol. The molecule has 4 nitrogen and oxygen atoms in total. The molecule has 0 heterocycles. The Morgan fingerprint density at radius 2 is 1.36 bits per heavy atom. The van der Waals surface area contributed by atoms with Gasteiger partial charge in [-0.2, -0.15) is 0 Å². The molecule has 0 saturated heterocycles. The first kappa shape index (κ1) is 24.8. The predicted molar refractivity (Wildman–Crippen MR) is 83.7 cm³/mol. The Balaban J connectivity index is 0. The van der Waals surface area contributed by atoms with Gasteiger partial charge in [0.2, 0.25) is 5.91 Å². The topological polar surface area (TPSA) is 60.4 Å². The molecule has 0 saturated carbocycles. The molecule has 0 bridgehead atoms. The van der Waals surface area contributed by atoms with Crippen LogP contribution in [0.1, 0.15) is 85.0 Å². The summed E-state index contributed by atoms with van der Waals surface area (Å²) in [6.45, 7) is 5.58. The fraction of sp³-hybridized carbons (Fsp3) is 0.882. The van der Waals surface area contributed by atoms with Gasteiger partial charge in [-0.25, -0.2) is 0 Å². The number of hydrogen-bond acceptors (Lipinski definition) is 3. The predicted octanol–water partition coefficient (Wildman–Crippen LogP) is -0.102. The number of nitrogens with zero attached hydrogens (tertiary/aromatic N) is 1. The van der Waals surface area contributed by atoms with Gasteiger partial charge in [0.05, 0.1) is 12.5 Å². The van der Waals surface area contributed by atoms with E-state index in [9.17, 15) is 14.7 Å². The molecule has 0 aromatic rings. The molecule has 0 aliphatic rings. The molecule has 1 amide bonds. The Morgan fingerprint density at radius 1 is 0.909 bits per heavy atom. The second-order valence-electron chi connectivity index (χ2n) is 6.07. The van der Waals surface area contributed by atoms with Gasteiger partial charge in [-0.05, 0) is 20.3 Å². The first-order chi connectivity index (χ1) is 9.99. The van der Waals surface area contributed by atoms with Crippen molar-refractivity contribution in [3.8, 4) is 0 Å². The molecule has 5 heteroatoms. The Bertz CT molecular complexity index is 296. The molecule has 0 spiro atoms. The van der Waals surface area contributed by atoms with Crippen LogP contribution in [-0.4, -0.2) is 29.4 Å². The Morgan fingerprint density at radius 3 is 1.77 bits per heavy atom. The number of carboxylic acids is 1. The van der Waals surface area contributed by atoms with Gasteiger partial charge in [0, 0.05) is 12.5 Å². The summed E-state index contributed by atoms with van der Waals surface area (Å²) in [6.07, 6.45) is 11.3. The Labute approximate surface area is 178 Å². The molecule has 0 radical (unpaired) electrons. The van der Waals surface area contributed by atoms with Crippen LogP contribution in [0.25, 0.3) is 0 Å². The molecule has 0 aromatic heterocycles. The van der Waals surface area contributed by atoms with Crippen molar-refractivity contribution in [1.29, 1.82) is 0 Å². The van der Waals surface area contributed by atoms with Crippen LogP contribution in [0.5, 0.6) is 0 Å². The van der Waals surface area contributed by atoms with E-state index in [4.69, 9.17) is 0 Å². The minimum atomic E-state index is -1.19. The normalized spacial score (nSPS) is 10.4. The standard InChI is InChI=1S/C17H33NO3.K/c1-4-5-6-7-8-9-10-11-12-13-16(19)18(15(2)3)14-17(20)21;/h15H,4-14H2,1-3H3,(H,20,21);/q;+1/p-1. The number of carboxylic acid groups (broad SMARTS) is 1. The molecule has 0 aliphatic heterocycles. The number of rotatable bonds is 13. The summed E-state index contributed by atoms with van der Waals surface area (Å²) in [4.78, 5) is 24.0. The summed E-state index contributed by atoms with van der Waals surface area (Å²) in [5.74, 6) is -1.26. The van der Waals surface area contributed by atoms with Crippen LogP contribution in [-0.2, 0) is 9.59 Å². The summed E-state index contributed by atoms with van der Waals surface area (Å²) in [7, 11) is 0. The van der Waals surface area contributed by atoms with Gasteiger partial charge in [-0.1, -0.05) is 58.3 Å². The minimum absolute atomic E-state index is 0. The van der Waals surface area contributed by atoms with Gasteiger partial charge in [-0.3, -0.25) is 4.79 Å². The number of carbonyl (C=O) groups is 2. The molecule has 0 fully saturated rings. The molecular weight excluding hydrogens is 305 g/mol. The van der Waals surface area contributed by atoms with E-state index in [1.54, 1.807) is 0 Å². The minimum Gasteiger partial charge on any atom is -0.548 e. The van der Waals surface area contributed by atoms with Crippen molar-refractivity contribution in [3.63, 3.8) is 0 Å². The zero-order valence-corrected chi connectivity index (χ0v) is 18.2. The van der Waals surface area contributed by atoms with Gasteiger partial charge in [0.1, 0.15) is 0 Å². The van der Waals surface area contributed by atoms with Crippen molar-refractivity contribution in [2.24, 2.45) is 0 Å². The van der Waals surface area contributed by atoms with Crippen LogP contribution in [0.15, 0.2) is 0 Å². The first-order valence-corrected chi connectivity index (χ1v) is 8.48. The van der Waals surface area contributed by atoms with Crippen molar-refractivity contribution in [3.05, 3.63) is 0 Å². The maximum atomic E-state index is 12.0. The molecular formula is C17H32KNO3. The van der Waals surface area contributed by atoms with Gasteiger partial charge in [0.25, 0.3) is 0 Å². The third-order valence-electron chi connectivity index (χ3n) is 3.74. The van der Waals surface area contributed by atoms with Crippen LogP contribution in [0.4, 0.5) is 0 Å². The van der Waals surface area contributed by atoms with E-state index in [2.05, 4.69) is 6.92 Å². The molecule has 0 atom stereocenters. The van der Waals surface area contributed by atoms with Gasteiger partial charge >= 0.3 is 51.4 Å². The number of aliphatic carboxylic acids is 1. The molecule has 0 unspecified atom stereocenters. The van der Waals surface area contributed by atoms with Crippen LogP contribution < -0.4 is 56.5 Å². The molecule has 22 heavy (non-hydrogen) atoms. The summed E-state index contributed by atoms with van der Waals surface area (Å²) in [5.41, 5.74) is 0. The number of hydrogen-bond donors (Lipinski definition) is 0. The van der Waals surface area contributed by atoms with Crippen molar-refractivity contribution in [1.82, 2.24) is 4.90 Å². The quantitative estimate of drug-likeness (QED) is 0.348. The van der Waals surface area contributed by atoms with E-state index in [1.165, 1.54) is 49.8 Å². The summed E-state index contributed by atoms with van der Waals surface area (Å²) < 4.78 is 0. The van der Waals surface area contributed by atoms with Crippen molar-refractivity contribution in [2.45, 2.75) is 91.0 Å². The summed E-state index contributed by atoms with van der Waals surface area (Å²) in [5, 5.41) is 10.6. The third kappa shape index (κ3) is 14.2. The second-order valence-corrected chi connectivity index (χ2v) is 6.07. The fourth-order valence-corrected chi connectivity index (χ4v) is 2.43. The Hall–Kier alpha value is 0.576. The van der Waals surface area contributed by atoms with E-state index >= 15 is 0 Å². The average Bonchev–Trinajstić information content (AvgIpc) is 2.42. The van der Waals surface area contributed by atoms with E-state index in [0.29, 0.717) is 6.42 Å². The molecule has 0 N–H and O–H groups in total. The van der Waals surface area contributed by atoms with Crippen LogP contribution in [0.2, 0.25) is 0 Å². The van der Waals surface area contributed by atoms with Crippen LogP contribution in [0.3, 0.4) is 0 Å². The smallest absolute Gasteiger partial charge is 0.548 e. The summed E-state index contributed by atoms with van der Waals surface area (Å²) >= 11 is 0. The largest absolute Gasteiger partial charge is 1.00 e. The first-order valence-electron chi connectivity index (χ1n) is 8.48. The van der Waals surface area contributed by atoms with Crippen molar-refractivity contribution < 1.29 is 66.1 Å². The van der Waals surface area contributed by atoms with Crippen molar-refractivity contribution >= 4 is 11.9 Å². The molecule has 124 valence electrons. The van der Waals surface area contributed by atoms with Gasteiger partial charge in [-0.15, -0.1) is 0 Å². The van der Waals surface area contributed by atoms with Gasteiger partial charge < -0.3 is 14.8 Å². The molecule has 0 aliphatic carbocycles. The molecule has 0 rings (SSSR count). The van der Waals surface area contributed by atoms with E-state index < -0.39 is 5.97 Å². The van der Waals surface area contributed by atoms with Crippen LogP contribution >= 0.6 is 0 Å². The maximum absolute atomic E-state index is 12.0. The van der Waals surface area contributed by atoms with E-state index in [0.717, 1.165) is 12.8 Å². The number of unbranched alkanes of at least 4 members (excludes halogenated alkanes) is 8. The summed E-state index contributed by atoms with van der Waals surface area (Å²) in [6, 6.07) is -0.0889. The average molecular weight is 338 g/mol. The van der Waals surface area contributed by atoms with Crippen molar-refractivity contribution in [2.75, 3.05) is 6.54 Å². The van der Waals surface area contributed by atoms with Gasteiger partial charge in [0.15, 0.2) is 0 Å². The second kappa shape index (κ2) is 16.4. The van der Waals surface area contributed by atoms with Crippen LogP contribution in [0, 0.1) is 0 Å². The zero-order chi connectivity index (χ0) is 16.1. The molecule has 0 aromatic carbocycles. The zero-order valence-electron chi connectivity index (χ0n) is 15.0. The third-order valence-corrected chi connectivity index (χ3v) is 3.74. The van der Waals surface area contributed by atoms with E-state index in [-0.39, 0.29) is 69.9 Å². The fourth-order valence-electron chi connectivity index (χ4n) is 2.43.